The van der Waals surface area contributed by atoms with Crippen molar-refractivity contribution in [2.24, 2.45) is 7.05 Å². The molecule has 0 fully saturated rings. The van der Waals surface area contributed by atoms with Gasteiger partial charge in [-0.3, -0.25) is 0 Å². The molecule has 2 heteroatoms. The van der Waals surface area contributed by atoms with E-state index in [1.165, 1.54) is 0 Å². The maximum Gasteiger partial charge on any atom is 0.0106 e. The van der Waals surface area contributed by atoms with Crippen LogP contribution < -0.4 is 0 Å². The van der Waals surface area contributed by atoms with Crippen molar-refractivity contribution in [2.45, 2.75) is 13.8 Å². The number of rotatable bonds is 0. The van der Waals surface area contributed by atoms with Gasteiger partial charge in [0.25, 0.3) is 0 Å². The van der Waals surface area contributed by atoms with E-state index >= 15 is 0 Å². The Morgan fingerprint density at radius 2 is 1.33 bits per heavy atom. The van der Waals surface area contributed by atoms with E-state index in [0.29, 0.717) is 0 Å². The molecule has 1 aromatic rings. The molecule has 0 bridgehead atoms. The first-order valence-electron chi connectivity index (χ1n) is 2.96. The van der Waals surface area contributed by atoms with E-state index in [1.54, 1.807) is 0 Å². The van der Waals surface area contributed by atoms with Crippen LogP contribution in [0.3, 0.4) is 0 Å². The fraction of sp³-hybridized carbons (Fsp3) is 0.429. The smallest absolute Gasteiger partial charge is 0.0106 e. The van der Waals surface area contributed by atoms with Gasteiger partial charge < -0.3 is 4.57 Å². The van der Waals surface area contributed by atoms with E-state index in [-0.39, 0.29) is 37.7 Å². The van der Waals surface area contributed by atoms with Crippen molar-refractivity contribution >= 4 is 0 Å². The summed E-state index contributed by atoms with van der Waals surface area (Å²) in [5.41, 5.74) is 0. The zero-order valence-electron chi connectivity index (χ0n) is 6.11. The van der Waals surface area contributed by atoms with E-state index in [1.807, 2.05) is 50.0 Å². The van der Waals surface area contributed by atoms with Crippen molar-refractivity contribution < 1.29 is 37.7 Å². The Kier molecular flexibility index (Phi) is 11.6. The summed E-state index contributed by atoms with van der Waals surface area (Å²) in [7, 11) is 2.00. The first-order chi connectivity index (χ1) is 3.89. The second kappa shape index (κ2) is 8.54. The number of hydrogen-bond acceptors (Lipinski definition) is 0. The van der Waals surface area contributed by atoms with Gasteiger partial charge in [-0.15, -0.1) is 0 Å². The molecule has 0 amide bonds. The Morgan fingerprint density at radius 1 is 1.00 bits per heavy atom. The molecule has 0 aliphatic carbocycles. The van der Waals surface area contributed by atoms with Gasteiger partial charge >= 0.3 is 0 Å². The number of aromatic nitrogens is 1. The predicted molar refractivity (Wildman–Crippen MR) is 36.8 cm³/mol. The Labute approximate surface area is 87.1 Å². The average Bonchev–Trinajstić information content (AvgIpc) is 2.24. The molecular formula is C7H13ArN. The SMILES string of the molecule is CC.Cn1cccc1.[Ar]. The van der Waals surface area contributed by atoms with Gasteiger partial charge in [-0.1, -0.05) is 13.8 Å². The van der Waals surface area contributed by atoms with Gasteiger partial charge in [0.2, 0.25) is 0 Å². The summed E-state index contributed by atoms with van der Waals surface area (Å²) in [6.07, 6.45) is 4.00. The van der Waals surface area contributed by atoms with Gasteiger partial charge in [0.05, 0.1) is 0 Å². The van der Waals surface area contributed by atoms with Crippen LogP contribution in [0.15, 0.2) is 24.5 Å². The first kappa shape index (κ1) is 12.2. The Morgan fingerprint density at radius 3 is 1.44 bits per heavy atom. The molecule has 1 nitrogen and oxygen atoms in total. The topological polar surface area (TPSA) is 4.93 Å². The third-order valence-electron chi connectivity index (χ3n) is 0.754. The molecule has 1 rings (SSSR count). The summed E-state index contributed by atoms with van der Waals surface area (Å²) in [5.74, 6) is 0. The zero-order chi connectivity index (χ0) is 6.41. The zero-order valence-corrected chi connectivity index (χ0v) is 6.82. The third-order valence-corrected chi connectivity index (χ3v) is 0.754. The second-order valence-electron chi connectivity index (χ2n) is 1.35. The fourth-order valence-corrected chi connectivity index (χ4v) is 0.421. The van der Waals surface area contributed by atoms with E-state index in [0.717, 1.165) is 0 Å². The summed E-state index contributed by atoms with van der Waals surface area (Å²) in [5, 5.41) is 0. The van der Waals surface area contributed by atoms with Crippen molar-refractivity contribution in [3.05, 3.63) is 24.5 Å². The molecule has 0 N–H and O–H groups in total. The molecule has 0 saturated carbocycles. The summed E-state index contributed by atoms with van der Waals surface area (Å²) >= 11 is 0. The standard InChI is InChI=1S/C5H7N.C2H6.Ar/c1-6-4-2-3-5-6;1-2;/h2-5H,1H3;1-2H3;. The fourth-order valence-electron chi connectivity index (χ4n) is 0.421. The van der Waals surface area contributed by atoms with Gasteiger partial charge in [-0.05, 0) is 12.1 Å². The monoisotopic (exact) mass is 151 g/mol. The van der Waals surface area contributed by atoms with Crippen molar-refractivity contribution in [1.29, 1.82) is 0 Å². The average molecular weight is 151 g/mol. The van der Waals surface area contributed by atoms with Gasteiger partial charge in [-0.25, -0.2) is 0 Å². The number of aryl methyl sites for hydroxylation is 1. The second-order valence-corrected chi connectivity index (χ2v) is 1.35. The van der Waals surface area contributed by atoms with Crippen molar-refractivity contribution in [1.82, 2.24) is 4.57 Å². The van der Waals surface area contributed by atoms with Gasteiger partial charge in [0.1, 0.15) is 0 Å². The number of nitrogens with zero attached hydrogens (tertiary/aromatic N) is 1. The Balaban J connectivity index is 0. The van der Waals surface area contributed by atoms with Gasteiger partial charge in [-0.2, -0.15) is 0 Å². The van der Waals surface area contributed by atoms with E-state index in [2.05, 4.69) is 0 Å². The molecule has 0 aliphatic heterocycles. The largest absolute Gasteiger partial charge is 0.357 e. The Bertz CT molecular complexity index is 112. The third kappa shape index (κ3) is 6.42. The molecule has 9 heavy (non-hydrogen) atoms. The molecule has 0 aliphatic rings. The maximum atomic E-state index is 2.00. The number of hydrogen-bond donors (Lipinski definition) is 0. The van der Waals surface area contributed by atoms with Crippen LogP contribution in [0.25, 0.3) is 0 Å². The maximum absolute atomic E-state index is 2.00. The van der Waals surface area contributed by atoms with E-state index < -0.39 is 0 Å². The summed E-state index contributed by atoms with van der Waals surface area (Å²) in [4.78, 5) is 0. The molecule has 0 unspecified atom stereocenters. The molecule has 54 valence electrons. The van der Waals surface area contributed by atoms with Crippen LogP contribution in [0.5, 0.6) is 0 Å². The molecule has 0 saturated heterocycles. The molecule has 1 heterocycles. The first-order valence-corrected chi connectivity index (χ1v) is 2.96. The van der Waals surface area contributed by atoms with Crippen LogP contribution in [-0.4, -0.2) is 4.57 Å². The van der Waals surface area contributed by atoms with Crippen LogP contribution >= 0.6 is 0 Å². The van der Waals surface area contributed by atoms with Gasteiger partial charge in [0, 0.05) is 57.2 Å². The van der Waals surface area contributed by atoms with Gasteiger partial charge in [0.15, 0.2) is 0 Å². The normalized spacial score (nSPS) is 6.56. The van der Waals surface area contributed by atoms with Crippen LogP contribution in [0, 0.1) is 37.7 Å². The summed E-state index contributed by atoms with van der Waals surface area (Å²) in [6.45, 7) is 4.00. The van der Waals surface area contributed by atoms with E-state index in [4.69, 9.17) is 0 Å². The van der Waals surface area contributed by atoms with Crippen LogP contribution in [0.4, 0.5) is 0 Å². The van der Waals surface area contributed by atoms with Crippen molar-refractivity contribution in [3.8, 4) is 0 Å². The molecule has 0 spiro atoms. The molecule has 0 aromatic carbocycles. The Hall–Kier alpha value is 0.540. The van der Waals surface area contributed by atoms with Crippen molar-refractivity contribution in [3.63, 3.8) is 0 Å². The van der Waals surface area contributed by atoms with Crippen molar-refractivity contribution in [2.75, 3.05) is 0 Å². The minimum absolute atomic E-state index is 0. The molecular weight excluding hydrogens is 138 g/mol. The minimum Gasteiger partial charge on any atom is -0.357 e. The molecule has 0 radical (unpaired) electrons. The predicted octanol–water partition coefficient (Wildman–Crippen LogP) is 2.05. The van der Waals surface area contributed by atoms with E-state index in [9.17, 15) is 0 Å². The quantitative estimate of drug-likeness (QED) is 0.534. The molecule has 1 aromatic heterocycles. The van der Waals surface area contributed by atoms with Crippen LogP contribution in [0.1, 0.15) is 13.8 Å². The van der Waals surface area contributed by atoms with Crippen LogP contribution in [-0.2, 0) is 7.05 Å². The summed E-state index contributed by atoms with van der Waals surface area (Å²) in [6, 6.07) is 4.00. The van der Waals surface area contributed by atoms with Crippen LogP contribution in [0.2, 0.25) is 0 Å². The molecule has 0 atom stereocenters. The summed E-state index contributed by atoms with van der Waals surface area (Å²) < 4.78 is 2.00. The minimum atomic E-state index is 0.